The number of hydrogen-bond acceptors (Lipinski definition) is 18. The Kier molecular flexibility index (Phi) is 17.2. The highest BCUT2D eigenvalue weighted by molar-refractivity contribution is 7.17. The van der Waals surface area contributed by atoms with Crippen LogP contribution in [-0.4, -0.2) is 131 Å². The minimum absolute atomic E-state index is 0.0680. The molecule has 59 heavy (non-hydrogen) atoms. The first-order valence-corrected chi connectivity index (χ1v) is 19.1. The number of para-hydroxylation sites is 1. The molecule has 4 rings (SSSR count). The average molecular weight is 847 g/mol. The SMILES string of the molecule is C#CCOCCOCCO[C@]1(C(=O)OC)C[C@H](OC(C)=O)[C@@H](NC(=O)COC(C)=O)[C@H]([C@H](OC(C)=O)[C@@H](CNC(=O)c2cc3c(s2)-c2ccccc2OC3)OC(C)=O)O1. The van der Waals surface area contributed by atoms with E-state index in [0.29, 0.717) is 5.75 Å². The number of carbonyl (C=O) groups is 7. The van der Waals surface area contributed by atoms with E-state index in [1.807, 2.05) is 24.3 Å². The number of hydrogen-bond donors (Lipinski definition) is 2. The van der Waals surface area contributed by atoms with Gasteiger partial charge in [0.15, 0.2) is 18.8 Å². The Hall–Kier alpha value is -5.59. The van der Waals surface area contributed by atoms with E-state index < -0.39 is 97.5 Å². The van der Waals surface area contributed by atoms with Crippen molar-refractivity contribution < 1.29 is 80.9 Å². The van der Waals surface area contributed by atoms with Crippen LogP contribution in [-0.2, 0) is 78.0 Å². The molecule has 2 N–H and O–H groups in total. The molecule has 2 amide bonds. The van der Waals surface area contributed by atoms with Crippen LogP contribution in [0.4, 0.5) is 0 Å². The molecule has 20 heteroatoms. The van der Waals surface area contributed by atoms with Crippen LogP contribution in [0.25, 0.3) is 10.4 Å². The maximum atomic E-state index is 13.7. The number of ether oxygens (including phenoxy) is 10. The Morgan fingerprint density at radius 2 is 1.66 bits per heavy atom. The third kappa shape index (κ3) is 13.0. The van der Waals surface area contributed by atoms with Gasteiger partial charge in [-0.15, -0.1) is 17.8 Å². The van der Waals surface area contributed by atoms with E-state index in [1.165, 1.54) is 11.3 Å². The highest BCUT2D eigenvalue weighted by atomic mass is 32.1. The molecule has 0 bridgehead atoms. The van der Waals surface area contributed by atoms with Gasteiger partial charge in [0.25, 0.3) is 17.6 Å². The van der Waals surface area contributed by atoms with Crippen molar-refractivity contribution in [2.75, 3.05) is 53.3 Å². The fraction of sp³-hybridized carbons (Fsp3) is 0.513. The van der Waals surface area contributed by atoms with E-state index in [1.54, 1.807) is 6.07 Å². The first-order valence-electron chi connectivity index (χ1n) is 18.2. The van der Waals surface area contributed by atoms with Crippen LogP contribution in [0.15, 0.2) is 30.3 Å². The quantitative estimate of drug-likeness (QED) is 0.0825. The average Bonchev–Trinajstić information content (AvgIpc) is 3.64. The van der Waals surface area contributed by atoms with E-state index in [-0.39, 0.29) is 44.5 Å². The molecule has 2 aromatic rings. The number of rotatable bonds is 20. The summed E-state index contributed by atoms with van der Waals surface area (Å²) in [4.78, 5) is 91.2. The molecule has 6 atom stereocenters. The highest BCUT2D eigenvalue weighted by Crippen LogP contribution is 2.42. The molecule has 0 saturated carbocycles. The zero-order valence-corrected chi connectivity index (χ0v) is 33.9. The summed E-state index contributed by atoms with van der Waals surface area (Å²) >= 11 is 1.21. The Balaban J connectivity index is 1.72. The second-order valence-electron chi connectivity index (χ2n) is 13.0. The van der Waals surface area contributed by atoms with Crippen LogP contribution in [0.1, 0.15) is 49.4 Å². The lowest BCUT2D eigenvalue weighted by Gasteiger charge is -2.48. The van der Waals surface area contributed by atoms with Crippen LogP contribution < -0.4 is 15.4 Å². The first kappa shape index (κ1) is 46.1. The smallest absolute Gasteiger partial charge is 0.366 e. The maximum Gasteiger partial charge on any atom is 0.366 e. The van der Waals surface area contributed by atoms with E-state index in [9.17, 15) is 33.6 Å². The molecule has 1 aromatic heterocycles. The predicted octanol–water partition coefficient (Wildman–Crippen LogP) is 1.22. The molecule has 2 aliphatic rings. The Bertz CT molecular complexity index is 1890. The summed E-state index contributed by atoms with van der Waals surface area (Å²) in [7, 11) is 1.03. The zero-order valence-electron chi connectivity index (χ0n) is 33.1. The molecule has 0 spiro atoms. The van der Waals surface area contributed by atoms with Crippen molar-refractivity contribution in [1.29, 1.82) is 0 Å². The van der Waals surface area contributed by atoms with Crippen molar-refractivity contribution >= 4 is 53.0 Å². The van der Waals surface area contributed by atoms with Crippen molar-refractivity contribution in [3.63, 3.8) is 0 Å². The van der Waals surface area contributed by atoms with Gasteiger partial charge in [-0.25, -0.2) is 4.79 Å². The lowest BCUT2D eigenvalue weighted by Crippen LogP contribution is -2.70. The lowest BCUT2D eigenvalue weighted by molar-refractivity contribution is -0.315. The Morgan fingerprint density at radius 1 is 0.949 bits per heavy atom. The number of benzene rings is 1. The number of thiophene rings is 1. The summed E-state index contributed by atoms with van der Waals surface area (Å²) < 4.78 is 55.6. The summed E-state index contributed by atoms with van der Waals surface area (Å²) in [5.41, 5.74) is 1.58. The Labute approximate surface area is 343 Å². The Morgan fingerprint density at radius 3 is 2.34 bits per heavy atom. The largest absolute Gasteiger partial charge is 0.488 e. The predicted molar refractivity (Wildman–Crippen MR) is 202 cm³/mol. The monoisotopic (exact) mass is 846 g/mol. The number of fused-ring (bicyclic) bond motifs is 3. The molecule has 1 fully saturated rings. The van der Waals surface area contributed by atoms with Gasteiger partial charge in [0, 0.05) is 43.7 Å². The first-order chi connectivity index (χ1) is 28.2. The van der Waals surface area contributed by atoms with E-state index in [2.05, 4.69) is 16.6 Å². The summed E-state index contributed by atoms with van der Waals surface area (Å²) in [6.45, 7) is 3.03. The van der Waals surface area contributed by atoms with Gasteiger partial charge >= 0.3 is 29.8 Å². The normalized spacial score (nSPS) is 20.1. The van der Waals surface area contributed by atoms with Crippen LogP contribution in [0.2, 0.25) is 0 Å². The molecule has 3 heterocycles. The standard InChI is InChI=1S/C39H46N2O17S/c1-7-12-50-13-14-51-15-16-54-39(38(48)49-6)18-29(55-23(3)43)33(41-32(46)21-52-22(2)42)35(58-39)34(57-25(5)45)30(56-24(4)44)19-40-37(47)31-17-26-20-53-28-11-9-8-10-27(28)36(26)59-31/h1,8-11,17,29-30,33-35H,12-16,18-21H2,2-6H3,(H,40,47)(H,41,46)/t29-,30+,33+,34+,35+,39+/m0/s1. The van der Waals surface area contributed by atoms with Crippen LogP contribution in [0, 0.1) is 12.3 Å². The van der Waals surface area contributed by atoms with Gasteiger partial charge in [-0.2, -0.15) is 0 Å². The van der Waals surface area contributed by atoms with E-state index >= 15 is 0 Å². The number of methoxy groups -OCH3 is 1. The fourth-order valence-corrected chi connectivity index (χ4v) is 7.36. The maximum absolute atomic E-state index is 13.7. The molecule has 1 aromatic carbocycles. The van der Waals surface area contributed by atoms with Crippen LogP contribution in [0.5, 0.6) is 5.75 Å². The van der Waals surface area contributed by atoms with E-state index in [4.69, 9.17) is 53.8 Å². The number of nitrogens with one attached hydrogen (secondary N) is 2. The summed E-state index contributed by atoms with van der Waals surface area (Å²) in [5.74, 6) is -5.59. The minimum Gasteiger partial charge on any atom is -0.488 e. The topological polar surface area (TPSA) is 236 Å². The molecule has 0 radical (unpaired) electrons. The third-order valence-corrected chi connectivity index (χ3v) is 9.75. The molecular formula is C39H46N2O17S. The van der Waals surface area contributed by atoms with Crippen molar-refractivity contribution in [3.05, 3.63) is 40.8 Å². The number of amides is 2. The molecule has 0 unspecified atom stereocenters. The van der Waals surface area contributed by atoms with Crippen LogP contribution in [0.3, 0.4) is 0 Å². The zero-order chi connectivity index (χ0) is 43.1. The molecule has 320 valence electrons. The lowest BCUT2D eigenvalue weighted by atomic mass is 9.87. The fourth-order valence-electron chi connectivity index (χ4n) is 6.25. The summed E-state index contributed by atoms with van der Waals surface area (Å²) in [5, 5.41) is 5.26. The van der Waals surface area contributed by atoms with Gasteiger partial charge in [0.2, 0.25) is 0 Å². The second-order valence-corrected chi connectivity index (χ2v) is 14.0. The summed E-state index contributed by atoms with van der Waals surface area (Å²) in [6.07, 6.45) is -2.07. The molecular weight excluding hydrogens is 800 g/mol. The number of carbonyl (C=O) groups excluding carboxylic acids is 7. The third-order valence-electron chi connectivity index (χ3n) is 8.54. The van der Waals surface area contributed by atoms with Crippen molar-refractivity contribution in [3.8, 4) is 28.5 Å². The van der Waals surface area contributed by atoms with Crippen LogP contribution >= 0.6 is 11.3 Å². The molecule has 2 aliphatic heterocycles. The minimum atomic E-state index is -2.43. The number of esters is 5. The van der Waals surface area contributed by atoms with E-state index in [0.717, 1.165) is 50.8 Å². The molecule has 0 aliphatic carbocycles. The summed E-state index contributed by atoms with van der Waals surface area (Å²) in [6, 6.07) is 7.49. The van der Waals surface area contributed by atoms with Gasteiger partial charge < -0.3 is 58.0 Å². The molecule has 1 saturated heterocycles. The van der Waals surface area contributed by atoms with Crippen molar-refractivity contribution in [2.24, 2.45) is 0 Å². The second kappa shape index (κ2) is 22.0. The van der Waals surface area contributed by atoms with Gasteiger partial charge in [-0.05, 0) is 18.2 Å². The van der Waals surface area contributed by atoms with Crippen molar-refractivity contribution in [1.82, 2.24) is 10.6 Å². The van der Waals surface area contributed by atoms with Gasteiger partial charge in [-0.1, -0.05) is 18.1 Å². The van der Waals surface area contributed by atoms with Gasteiger partial charge in [-0.3, -0.25) is 28.8 Å². The highest BCUT2D eigenvalue weighted by Gasteiger charge is 2.59. The van der Waals surface area contributed by atoms with Gasteiger partial charge in [0.1, 0.15) is 31.2 Å². The van der Waals surface area contributed by atoms with Crippen molar-refractivity contribution in [2.45, 2.75) is 77.0 Å². The number of terminal acetylenes is 1. The molecule has 19 nitrogen and oxygen atoms in total. The van der Waals surface area contributed by atoms with Gasteiger partial charge in [0.05, 0.1) is 57.4 Å².